The fourth-order valence-corrected chi connectivity index (χ4v) is 2.27. The summed E-state index contributed by atoms with van der Waals surface area (Å²) in [5.74, 6) is -1.16. The molecule has 0 radical (unpaired) electrons. The van der Waals surface area contributed by atoms with Crippen molar-refractivity contribution >= 4 is 29.1 Å². The van der Waals surface area contributed by atoms with Crippen molar-refractivity contribution in [2.24, 2.45) is 0 Å². The molecule has 0 bridgehead atoms. The zero-order valence-corrected chi connectivity index (χ0v) is 13.8. The molecule has 0 spiro atoms. The molecule has 2 rings (SSSR count). The smallest absolute Gasteiger partial charge is 0.343 e. The molecule has 2 N–H and O–H groups in total. The number of carbonyl (C=O) groups is 2. The van der Waals surface area contributed by atoms with E-state index in [0.29, 0.717) is 10.7 Å². The normalized spacial score (nSPS) is 11.1. The Morgan fingerprint density at radius 2 is 1.72 bits per heavy atom. The van der Waals surface area contributed by atoms with E-state index in [-0.39, 0.29) is 12.1 Å². The van der Waals surface area contributed by atoms with Crippen LogP contribution < -0.4 is 10.6 Å². The Balaban J connectivity index is 1.92. The summed E-state index contributed by atoms with van der Waals surface area (Å²) < 4.78 is 37.4. The van der Waals surface area contributed by atoms with Gasteiger partial charge in [-0.2, -0.15) is 13.2 Å². The molecule has 8 heteroatoms. The van der Waals surface area contributed by atoms with E-state index in [1.54, 1.807) is 18.2 Å². The van der Waals surface area contributed by atoms with Crippen LogP contribution in [0, 0.1) is 6.92 Å². The second-order valence-electron chi connectivity index (χ2n) is 5.29. The molecule has 0 heterocycles. The van der Waals surface area contributed by atoms with E-state index in [2.05, 4.69) is 10.6 Å². The molecule has 2 aromatic carbocycles. The van der Waals surface area contributed by atoms with Gasteiger partial charge in [0, 0.05) is 5.56 Å². The summed E-state index contributed by atoms with van der Waals surface area (Å²) in [5, 5.41) is 5.23. The second-order valence-corrected chi connectivity index (χ2v) is 5.70. The summed E-state index contributed by atoms with van der Waals surface area (Å²) in [7, 11) is 0. The molecule has 4 nitrogen and oxygen atoms in total. The second kappa shape index (κ2) is 7.57. The van der Waals surface area contributed by atoms with Crippen molar-refractivity contribution in [2.45, 2.75) is 13.1 Å². The van der Waals surface area contributed by atoms with E-state index in [1.165, 1.54) is 0 Å². The van der Waals surface area contributed by atoms with Crippen LogP contribution in [0.1, 0.15) is 21.5 Å². The number of halogens is 4. The van der Waals surface area contributed by atoms with Gasteiger partial charge in [-0.25, -0.2) is 0 Å². The van der Waals surface area contributed by atoms with Gasteiger partial charge in [-0.3, -0.25) is 9.59 Å². The molecule has 2 amide bonds. The molecule has 25 heavy (non-hydrogen) atoms. The Morgan fingerprint density at radius 3 is 2.28 bits per heavy atom. The van der Waals surface area contributed by atoms with Crippen molar-refractivity contribution in [3.8, 4) is 0 Å². The van der Waals surface area contributed by atoms with Crippen LogP contribution in [0.25, 0.3) is 0 Å². The van der Waals surface area contributed by atoms with Crippen molar-refractivity contribution < 1.29 is 22.8 Å². The largest absolute Gasteiger partial charge is 0.416 e. The summed E-state index contributed by atoms with van der Waals surface area (Å²) in [4.78, 5) is 23.7. The van der Waals surface area contributed by atoms with Crippen molar-refractivity contribution in [1.29, 1.82) is 0 Å². The fraction of sp³-hybridized carbons (Fsp3) is 0.176. The van der Waals surface area contributed by atoms with Gasteiger partial charge in [-0.1, -0.05) is 17.7 Å². The maximum absolute atomic E-state index is 12.5. The molecule has 0 aromatic heterocycles. The van der Waals surface area contributed by atoms with Gasteiger partial charge in [0.15, 0.2) is 0 Å². The third-order valence-electron chi connectivity index (χ3n) is 3.28. The molecule has 0 aliphatic heterocycles. The summed E-state index contributed by atoms with van der Waals surface area (Å²) in [6.45, 7) is 1.51. The zero-order chi connectivity index (χ0) is 18.6. The van der Waals surface area contributed by atoms with Crippen LogP contribution in [0.5, 0.6) is 0 Å². The minimum absolute atomic E-state index is 0.0224. The van der Waals surface area contributed by atoms with Crippen molar-refractivity contribution in [3.63, 3.8) is 0 Å². The highest BCUT2D eigenvalue weighted by molar-refractivity contribution is 6.33. The molecule has 0 saturated carbocycles. The number of nitrogens with one attached hydrogen (secondary N) is 2. The van der Waals surface area contributed by atoms with Gasteiger partial charge in [0.2, 0.25) is 5.91 Å². The van der Waals surface area contributed by atoms with Crippen LogP contribution in [-0.2, 0) is 11.0 Å². The number of carbonyl (C=O) groups excluding carboxylic acids is 2. The van der Waals surface area contributed by atoms with Gasteiger partial charge < -0.3 is 10.6 Å². The Bertz CT molecular complexity index is 789. The van der Waals surface area contributed by atoms with Gasteiger partial charge in [-0.05, 0) is 48.9 Å². The molecule has 0 fully saturated rings. The average molecular weight is 371 g/mol. The van der Waals surface area contributed by atoms with Crippen LogP contribution in [0.15, 0.2) is 42.5 Å². The highest BCUT2D eigenvalue weighted by Crippen LogP contribution is 2.29. The fourth-order valence-electron chi connectivity index (χ4n) is 1.99. The van der Waals surface area contributed by atoms with E-state index in [9.17, 15) is 22.8 Å². The first-order chi connectivity index (χ1) is 11.7. The lowest BCUT2D eigenvalue weighted by molar-refractivity contribution is -0.137. The maximum atomic E-state index is 12.5. The summed E-state index contributed by atoms with van der Waals surface area (Å²) in [6, 6.07) is 8.79. The molecule has 0 unspecified atom stereocenters. The van der Waals surface area contributed by atoms with E-state index in [4.69, 9.17) is 11.6 Å². The average Bonchev–Trinajstić information content (AvgIpc) is 2.54. The summed E-state index contributed by atoms with van der Waals surface area (Å²) in [6.07, 6.45) is -4.47. The van der Waals surface area contributed by atoms with Crippen molar-refractivity contribution in [3.05, 3.63) is 64.2 Å². The van der Waals surface area contributed by atoms with Crippen LogP contribution in [0.4, 0.5) is 18.9 Å². The number of alkyl halides is 3. The number of hydrogen-bond acceptors (Lipinski definition) is 2. The monoisotopic (exact) mass is 370 g/mol. The minimum Gasteiger partial charge on any atom is -0.343 e. The number of anilines is 1. The number of benzene rings is 2. The van der Waals surface area contributed by atoms with E-state index in [1.807, 2.05) is 6.92 Å². The topological polar surface area (TPSA) is 58.2 Å². The minimum atomic E-state index is -4.47. The number of aryl methyl sites for hydroxylation is 1. The molecular formula is C17H14ClF3N2O2. The zero-order valence-electron chi connectivity index (χ0n) is 13.1. The first kappa shape index (κ1) is 18.8. The van der Waals surface area contributed by atoms with Crippen molar-refractivity contribution in [1.82, 2.24) is 5.32 Å². The number of rotatable bonds is 4. The molecule has 132 valence electrons. The SMILES string of the molecule is Cc1ccc(NC(=O)CNC(=O)c2ccc(C(F)(F)F)cc2)c(Cl)c1. The molecule has 2 aromatic rings. The lowest BCUT2D eigenvalue weighted by atomic mass is 10.1. The van der Waals surface area contributed by atoms with Crippen LogP contribution >= 0.6 is 11.6 Å². The highest BCUT2D eigenvalue weighted by Gasteiger charge is 2.30. The third-order valence-corrected chi connectivity index (χ3v) is 3.60. The van der Waals surface area contributed by atoms with Gasteiger partial charge in [0.1, 0.15) is 0 Å². The predicted octanol–water partition coefficient (Wildman–Crippen LogP) is 4.04. The first-order valence-electron chi connectivity index (χ1n) is 7.18. The maximum Gasteiger partial charge on any atom is 0.416 e. The van der Waals surface area contributed by atoms with E-state index < -0.39 is 23.6 Å². The standard InChI is InChI=1S/C17H14ClF3N2O2/c1-10-2-7-14(13(18)8-10)23-15(24)9-22-16(25)11-3-5-12(6-4-11)17(19,20)21/h2-8H,9H2,1H3,(H,22,25)(H,23,24). The van der Waals surface area contributed by atoms with Crippen LogP contribution in [-0.4, -0.2) is 18.4 Å². The molecule has 0 saturated heterocycles. The van der Waals surface area contributed by atoms with Crippen molar-refractivity contribution in [2.75, 3.05) is 11.9 Å². The Labute approximate surface area is 147 Å². The number of amides is 2. The highest BCUT2D eigenvalue weighted by atomic mass is 35.5. The Hall–Kier alpha value is -2.54. The van der Waals surface area contributed by atoms with Crippen LogP contribution in [0.2, 0.25) is 5.02 Å². The van der Waals surface area contributed by atoms with Gasteiger partial charge in [-0.15, -0.1) is 0 Å². The quantitative estimate of drug-likeness (QED) is 0.853. The van der Waals surface area contributed by atoms with E-state index >= 15 is 0 Å². The Morgan fingerprint density at radius 1 is 1.08 bits per heavy atom. The lowest BCUT2D eigenvalue weighted by Gasteiger charge is -2.10. The van der Waals surface area contributed by atoms with Crippen LogP contribution in [0.3, 0.4) is 0 Å². The van der Waals surface area contributed by atoms with Gasteiger partial charge in [0.25, 0.3) is 5.91 Å². The summed E-state index contributed by atoms with van der Waals surface area (Å²) >= 11 is 5.99. The predicted molar refractivity (Wildman–Crippen MR) is 88.6 cm³/mol. The van der Waals surface area contributed by atoms with E-state index in [0.717, 1.165) is 29.8 Å². The molecule has 0 aliphatic rings. The molecular weight excluding hydrogens is 357 g/mol. The first-order valence-corrected chi connectivity index (χ1v) is 7.56. The molecule has 0 aliphatic carbocycles. The Kier molecular flexibility index (Phi) is 5.69. The van der Waals surface area contributed by atoms with Gasteiger partial charge in [0.05, 0.1) is 22.8 Å². The summed E-state index contributed by atoms with van der Waals surface area (Å²) in [5.41, 5.74) is 0.504. The third kappa shape index (κ3) is 5.22. The van der Waals surface area contributed by atoms with Gasteiger partial charge >= 0.3 is 6.18 Å². The number of hydrogen-bond donors (Lipinski definition) is 2. The lowest BCUT2D eigenvalue weighted by Crippen LogP contribution is -2.32. The molecule has 0 atom stereocenters.